The lowest BCUT2D eigenvalue weighted by Crippen LogP contribution is -2.41. The maximum Gasteiger partial charge on any atom is 0.254 e. The molecule has 5 aromatic rings. The molecule has 4 aliphatic rings. The van der Waals surface area contributed by atoms with Crippen LogP contribution in [0.5, 0.6) is 5.75 Å². The fourth-order valence-electron chi connectivity index (χ4n) is 8.03. The van der Waals surface area contributed by atoms with E-state index in [4.69, 9.17) is 20.4 Å². The van der Waals surface area contributed by atoms with E-state index >= 15 is 0 Å². The van der Waals surface area contributed by atoms with Gasteiger partial charge >= 0.3 is 0 Å². The summed E-state index contributed by atoms with van der Waals surface area (Å²) in [6.45, 7) is 2.13. The van der Waals surface area contributed by atoms with Gasteiger partial charge in [-0.2, -0.15) is 0 Å². The molecule has 2 aliphatic heterocycles. The van der Waals surface area contributed by atoms with Crippen LogP contribution < -0.4 is 15.8 Å². The first-order chi connectivity index (χ1) is 22.4. The van der Waals surface area contributed by atoms with Crippen LogP contribution in [0.2, 0.25) is 0 Å². The minimum absolute atomic E-state index is 0.000752. The van der Waals surface area contributed by atoms with Crippen molar-refractivity contribution in [2.75, 3.05) is 13.7 Å². The smallest absolute Gasteiger partial charge is 0.254 e. The minimum Gasteiger partial charge on any atom is -0.494 e. The van der Waals surface area contributed by atoms with Crippen molar-refractivity contribution in [2.45, 2.75) is 57.3 Å². The molecule has 2 aromatic carbocycles. The Morgan fingerprint density at radius 2 is 1.91 bits per heavy atom. The number of nitrogens with one attached hydrogen (secondary N) is 1. The van der Waals surface area contributed by atoms with Gasteiger partial charge in [0.1, 0.15) is 16.9 Å². The summed E-state index contributed by atoms with van der Waals surface area (Å²) in [6, 6.07) is 16.6. The van der Waals surface area contributed by atoms with E-state index in [2.05, 4.69) is 50.8 Å². The third-order valence-electron chi connectivity index (χ3n) is 10.8. The molecule has 3 aromatic heterocycles. The molecule has 0 spiro atoms. The van der Waals surface area contributed by atoms with Gasteiger partial charge in [0.15, 0.2) is 5.82 Å². The normalized spacial score (nSPS) is 22.1. The highest BCUT2D eigenvalue weighted by Gasteiger charge is 2.47. The molecule has 10 nitrogen and oxygen atoms in total. The quantitative estimate of drug-likeness (QED) is 0.292. The highest BCUT2D eigenvalue weighted by atomic mass is 16.5. The van der Waals surface area contributed by atoms with Gasteiger partial charge in [0, 0.05) is 55.3 Å². The number of pyridine rings is 1. The predicted molar refractivity (Wildman–Crippen MR) is 175 cm³/mol. The Morgan fingerprint density at radius 1 is 1.04 bits per heavy atom. The van der Waals surface area contributed by atoms with Crippen molar-refractivity contribution >= 4 is 33.9 Å². The van der Waals surface area contributed by atoms with E-state index < -0.39 is 0 Å². The summed E-state index contributed by atoms with van der Waals surface area (Å²) in [4.78, 5) is 37.9. The molecular formula is C36H37N7O3. The van der Waals surface area contributed by atoms with Crippen molar-refractivity contribution in [3.05, 3.63) is 65.2 Å². The topological polar surface area (TPSA) is 120 Å². The minimum atomic E-state index is -0.000752. The maximum atomic E-state index is 13.7. The third-order valence-corrected chi connectivity index (χ3v) is 10.8. The number of benzene rings is 2. The Balaban J connectivity index is 1.13. The monoisotopic (exact) mass is 615 g/mol. The van der Waals surface area contributed by atoms with Gasteiger partial charge in [-0.25, -0.2) is 9.97 Å². The Labute approximate surface area is 266 Å². The van der Waals surface area contributed by atoms with Crippen LogP contribution in [0.15, 0.2) is 48.5 Å². The number of imidazole rings is 1. The molecule has 46 heavy (non-hydrogen) atoms. The van der Waals surface area contributed by atoms with Crippen molar-refractivity contribution in [3.8, 4) is 28.5 Å². The summed E-state index contributed by atoms with van der Waals surface area (Å²) in [5, 5.41) is 4.01. The number of aromatic nitrogens is 4. The van der Waals surface area contributed by atoms with Crippen molar-refractivity contribution in [1.82, 2.24) is 29.3 Å². The zero-order valence-electron chi connectivity index (χ0n) is 26.1. The number of methoxy groups -OCH3 is 1. The van der Waals surface area contributed by atoms with E-state index in [0.717, 1.165) is 81.9 Å². The molecule has 2 aliphatic carbocycles. The number of amides is 2. The summed E-state index contributed by atoms with van der Waals surface area (Å²) in [6.07, 6.45) is 4.90. The highest BCUT2D eigenvalue weighted by molar-refractivity contribution is 6.00. The second kappa shape index (κ2) is 10.2. The van der Waals surface area contributed by atoms with Gasteiger partial charge in [0.2, 0.25) is 5.91 Å². The number of nitrogens with two attached hydrogens (primary N) is 1. The number of likely N-dealkylation sites (tertiary alicyclic amines) is 1. The van der Waals surface area contributed by atoms with Crippen molar-refractivity contribution in [3.63, 3.8) is 0 Å². The molecule has 3 unspecified atom stereocenters. The summed E-state index contributed by atoms with van der Waals surface area (Å²) < 4.78 is 10.3. The first kappa shape index (κ1) is 27.6. The van der Waals surface area contributed by atoms with Gasteiger partial charge in [-0.05, 0) is 85.0 Å². The lowest BCUT2D eigenvalue weighted by Gasteiger charge is -2.27. The van der Waals surface area contributed by atoms with Crippen molar-refractivity contribution in [2.24, 2.45) is 24.6 Å². The van der Waals surface area contributed by atoms with Gasteiger partial charge in [-0.3, -0.25) is 9.59 Å². The van der Waals surface area contributed by atoms with Gasteiger partial charge < -0.3 is 29.8 Å². The number of nitrogens with zero attached hydrogens (tertiary/aromatic N) is 5. The SMILES string of the molecule is COc1cc(C(=O)N2CC3CCC2C3N)cc2nc(-c3cc4ccc(-c5ccc6c(c5)CNC(=O)C6)nc4n3CC3CC3)n(C)c12. The lowest BCUT2D eigenvalue weighted by atomic mass is 9.97. The van der Waals surface area contributed by atoms with Gasteiger partial charge in [0.05, 0.1) is 30.4 Å². The molecule has 2 bridgehead atoms. The Kier molecular flexibility index (Phi) is 6.09. The van der Waals surface area contributed by atoms with Crippen molar-refractivity contribution < 1.29 is 14.3 Å². The fourth-order valence-corrected chi connectivity index (χ4v) is 8.03. The van der Waals surface area contributed by atoms with E-state index in [1.54, 1.807) is 7.11 Å². The molecule has 3 atom stereocenters. The van der Waals surface area contributed by atoms with Crippen LogP contribution in [0, 0.1) is 11.8 Å². The first-order valence-corrected chi connectivity index (χ1v) is 16.4. The molecule has 3 fully saturated rings. The van der Waals surface area contributed by atoms with Gasteiger partial charge in [-0.15, -0.1) is 0 Å². The second-order valence-corrected chi connectivity index (χ2v) is 13.6. The standard InChI is InChI=1S/C36H37N7O3/c1-41-33-27(12-24(14-30(33)46-2)36(45)43-18-23-8-10-28(43)32(23)37)40-35(41)29-13-22-7-9-26(39-34(22)42(29)17-19-3-4-19)21-6-5-20-15-31(44)38-16-25(20)11-21/h5-7,9,11-14,19,23,28,32H,3-4,8,10,15-18,37H2,1-2H3,(H,38,44). The number of fused-ring (bicyclic) bond motifs is 5. The Bertz CT molecular complexity index is 2090. The first-order valence-electron chi connectivity index (χ1n) is 16.4. The van der Waals surface area contributed by atoms with Crippen LogP contribution in [0.1, 0.15) is 47.2 Å². The molecule has 9 rings (SSSR count). The van der Waals surface area contributed by atoms with Crippen LogP contribution in [0.4, 0.5) is 0 Å². The number of carbonyl (C=O) groups is 2. The molecule has 0 radical (unpaired) electrons. The molecular weight excluding hydrogens is 578 g/mol. The zero-order valence-corrected chi connectivity index (χ0v) is 26.1. The predicted octanol–water partition coefficient (Wildman–Crippen LogP) is 4.41. The fraction of sp³-hybridized carbons (Fsp3) is 0.389. The average molecular weight is 616 g/mol. The number of carbonyl (C=O) groups excluding carboxylic acids is 2. The maximum absolute atomic E-state index is 13.7. The third kappa shape index (κ3) is 4.26. The second-order valence-electron chi connectivity index (χ2n) is 13.6. The highest BCUT2D eigenvalue weighted by Crippen LogP contribution is 2.40. The number of piperidine rings is 1. The number of hydrogen-bond acceptors (Lipinski definition) is 6. The van der Waals surface area contributed by atoms with Gasteiger partial charge in [-0.1, -0.05) is 12.1 Å². The largest absolute Gasteiger partial charge is 0.494 e. The number of rotatable bonds is 6. The van der Waals surface area contributed by atoms with Crippen LogP contribution in [0.25, 0.3) is 44.8 Å². The summed E-state index contributed by atoms with van der Waals surface area (Å²) in [7, 11) is 3.66. The van der Waals surface area contributed by atoms with E-state index in [0.29, 0.717) is 36.1 Å². The number of aryl methyl sites for hydroxylation is 1. The Morgan fingerprint density at radius 3 is 2.67 bits per heavy atom. The summed E-state index contributed by atoms with van der Waals surface area (Å²) in [5.74, 6) is 2.51. The van der Waals surface area contributed by atoms with E-state index in [1.807, 2.05) is 24.1 Å². The van der Waals surface area contributed by atoms with Crippen molar-refractivity contribution in [1.29, 1.82) is 0 Å². The van der Waals surface area contributed by atoms with E-state index in [9.17, 15) is 9.59 Å². The average Bonchev–Trinajstić information content (AvgIpc) is 3.47. The molecule has 10 heteroatoms. The zero-order chi connectivity index (χ0) is 31.3. The number of hydrogen-bond donors (Lipinski definition) is 2. The van der Waals surface area contributed by atoms with Crippen LogP contribution in [0.3, 0.4) is 0 Å². The van der Waals surface area contributed by atoms with Crippen LogP contribution in [-0.4, -0.2) is 61.6 Å². The summed E-state index contributed by atoms with van der Waals surface area (Å²) in [5.41, 5.74) is 14.7. The number of ether oxygens (including phenoxy) is 1. The molecule has 234 valence electrons. The molecule has 2 amide bonds. The molecule has 2 saturated carbocycles. The molecule has 1 saturated heterocycles. The Hall–Kier alpha value is -4.70. The van der Waals surface area contributed by atoms with Gasteiger partial charge in [0.25, 0.3) is 5.91 Å². The summed E-state index contributed by atoms with van der Waals surface area (Å²) >= 11 is 0. The van der Waals surface area contributed by atoms with Crippen LogP contribution in [-0.2, 0) is 31.4 Å². The van der Waals surface area contributed by atoms with Crippen LogP contribution >= 0.6 is 0 Å². The van der Waals surface area contributed by atoms with E-state index in [-0.39, 0.29) is 23.9 Å². The van der Waals surface area contributed by atoms with E-state index in [1.165, 1.54) is 12.8 Å². The molecule has 3 N–H and O–H groups in total. The lowest BCUT2D eigenvalue weighted by molar-refractivity contribution is -0.121. The molecule has 5 heterocycles.